The van der Waals surface area contributed by atoms with Gasteiger partial charge in [-0.2, -0.15) is 0 Å². The van der Waals surface area contributed by atoms with Gasteiger partial charge in [0.2, 0.25) is 10.0 Å². The van der Waals surface area contributed by atoms with Gasteiger partial charge in [-0.05, 0) is 13.3 Å². The second-order valence-corrected chi connectivity index (χ2v) is 6.73. The van der Waals surface area contributed by atoms with Crippen molar-refractivity contribution in [2.75, 3.05) is 13.6 Å². The van der Waals surface area contributed by atoms with E-state index in [1.807, 2.05) is 0 Å². The van der Waals surface area contributed by atoms with E-state index in [4.69, 9.17) is 0 Å². The van der Waals surface area contributed by atoms with Crippen molar-refractivity contribution < 1.29 is 13.5 Å². The van der Waals surface area contributed by atoms with Gasteiger partial charge in [0.15, 0.2) is 4.90 Å². The van der Waals surface area contributed by atoms with E-state index in [1.165, 1.54) is 21.1 Å². The molecule has 0 bridgehead atoms. The Bertz CT molecular complexity index is 702. The van der Waals surface area contributed by atoms with Crippen LogP contribution in [-0.4, -0.2) is 46.7 Å². The molecule has 0 aliphatic rings. The summed E-state index contributed by atoms with van der Waals surface area (Å²) in [5.74, 6) is 0. The number of aliphatic hydroxyl groups excluding tert-OH is 1. The summed E-state index contributed by atoms with van der Waals surface area (Å²) in [6, 6.07) is 0. The Labute approximate surface area is 116 Å². The van der Waals surface area contributed by atoms with Crippen LogP contribution in [-0.2, 0) is 24.1 Å². The Morgan fingerprint density at radius 3 is 2.40 bits per heavy atom. The molecular weight excluding hydrogens is 286 g/mol. The highest BCUT2D eigenvalue weighted by Crippen LogP contribution is 2.09. The molecule has 1 rings (SSSR count). The van der Waals surface area contributed by atoms with E-state index in [2.05, 4.69) is 0 Å². The van der Waals surface area contributed by atoms with Crippen LogP contribution in [0.25, 0.3) is 0 Å². The van der Waals surface area contributed by atoms with Crippen molar-refractivity contribution in [2.24, 2.45) is 14.1 Å². The van der Waals surface area contributed by atoms with Crippen LogP contribution in [0.5, 0.6) is 0 Å². The molecule has 0 aliphatic heterocycles. The summed E-state index contributed by atoms with van der Waals surface area (Å²) in [7, 11) is -0.0829. The number of rotatable bonds is 5. The van der Waals surface area contributed by atoms with Gasteiger partial charge in [0.25, 0.3) is 5.56 Å². The van der Waals surface area contributed by atoms with Gasteiger partial charge in [0, 0.05) is 33.9 Å². The molecule has 1 heterocycles. The van der Waals surface area contributed by atoms with Crippen LogP contribution in [0.4, 0.5) is 0 Å². The fourth-order valence-electron chi connectivity index (χ4n) is 1.61. The number of sulfonamides is 1. The van der Waals surface area contributed by atoms with E-state index in [0.717, 1.165) is 19.6 Å². The Morgan fingerprint density at radius 2 is 1.90 bits per heavy atom. The standard InChI is InChI=1S/C11H19N3O5S/c1-8(15)5-6-13(3)20(18,19)9-7-12(2)11(17)14(4)10(9)16/h7-8,15H,5-6H2,1-4H3. The number of aliphatic hydroxyl groups is 1. The summed E-state index contributed by atoms with van der Waals surface area (Å²) in [6.45, 7) is 1.62. The van der Waals surface area contributed by atoms with Crippen molar-refractivity contribution in [3.05, 3.63) is 27.0 Å². The van der Waals surface area contributed by atoms with Gasteiger partial charge in [0.05, 0.1) is 6.10 Å². The average Bonchev–Trinajstić information content (AvgIpc) is 2.37. The minimum Gasteiger partial charge on any atom is -0.393 e. The lowest BCUT2D eigenvalue weighted by Crippen LogP contribution is -2.42. The number of hydrogen-bond acceptors (Lipinski definition) is 5. The average molecular weight is 305 g/mol. The molecule has 0 saturated heterocycles. The Hall–Kier alpha value is -1.45. The van der Waals surface area contributed by atoms with Crippen LogP contribution in [0.1, 0.15) is 13.3 Å². The van der Waals surface area contributed by atoms with Gasteiger partial charge in [-0.3, -0.25) is 9.36 Å². The van der Waals surface area contributed by atoms with Gasteiger partial charge in [-0.15, -0.1) is 0 Å². The molecule has 1 aromatic rings. The fourth-order valence-corrected chi connectivity index (χ4v) is 2.94. The summed E-state index contributed by atoms with van der Waals surface area (Å²) in [5, 5.41) is 9.18. The maximum Gasteiger partial charge on any atom is 0.330 e. The second kappa shape index (κ2) is 5.90. The highest BCUT2D eigenvalue weighted by molar-refractivity contribution is 7.89. The highest BCUT2D eigenvalue weighted by atomic mass is 32.2. The topological polar surface area (TPSA) is 102 Å². The van der Waals surface area contributed by atoms with E-state index >= 15 is 0 Å². The van der Waals surface area contributed by atoms with Crippen LogP contribution in [0.2, 0.25) is 0 Å². The van der Waals surface area contributed by atoms with E-state index < -0.39 is 32.3 Å². The SMILES string of the molecule is CC(O)CCN(C)S(=O)(=O)c1cn(C)c(=O)n(C)c1=O. The van der Waals surface area contributed by atoms with Gasteiger partial charge >= 0.3 is 5.69 Å². The summed E-state index contributed by atoms with van der Waals surface area (Å²) < 4.78 is 27.4. The van der Waals surface area contributed by atoms with Crippen molar-refractivity contribution >= 4 is 10.0 Å². The van der Waals surface area contributed by atoms with Gasteiger partial charge in [-0.25, -0.2) is 17.5 Å². The molecule has 9 heteroatoms. The maximum atomic E-state index is 12.3. The van der Waals surface area contributed by atoms with Crippen molar-refractivity contribution in [2.45, 2.75) is 24.3 Å². The predicted octanol–water partition coefficient (Wildman–Crippen LogP) is -1.52. The summed E-state index contributed by atoms with van der Waals surface area (Å²) >= 11 is 0. The summed E-state index contributed by atoms with van der Waals surface area (Å²) in [6.07, 6.45) is 0.622. The normalized spacial score (nSPS) is 13.7. The Morgan fingerprint density at radius 1 is 1.35 bits per heavy atom. The molecule has 0 fully saturated rings. The first-order valence-electron chi connectivity index (χ1n) is 6.00. The lowest BCUT2D eigenvalue weighted by atomic mass is 10.3. The molecule has 0 amide bonds. The summed E-state index contributed by atoms with van der Waals surface area (Å²) in [5.41, 5.74) is -1.46. The van der Waals surface area contributed by atoms with Crippen LogP contribution in [0.15, 0.2) is 20.7 Å². The molecular formula is C11H19N3O5S. The van der Waals surface area contributed by atoms with Gasteiger partial charge in [-0.1, -0.05) is 0 Å². The third-order valence-corrected chi connectivity index (χ3v) is 4.80. The molecule has 20 heavy (non-hydrogen) atoms. The van der Waals surface area contributed by atoms with Crippen molar-refractivity contribution in [1.29, 1.82) is 0 Å². The fraction of sp³-hybridized carbons (Fsp3) is 0.636. The van der Waals surface area contributed by atoms with E-state index in [9.17, 15) is 23.1 Å². The lowest BCUT2D eigenvalue weighted by Gasteiger charge is -2.18. The van der Waals surface area contributed by atoms with E-state index in [0.29, 0.717) is 0 Å². The molecule has 0 radical (unpaired) electrons. The third kappa shape index (κ3) is 3.17. The van der Waals surface area contributed by atoms with Crippen molar-refractivity contribution in [1.82, 2.24) is 13.4 Å². The van der Waals surface area contributed by atoms with E-state index in [1.54, 1.807) is 6.92 Å². The third-order valence-electron chi connectivity index (χ3n) is 2.96. The van der Waals surface area contributed by atoms with Crippen LogP contribution in [0.3, 0.4) is 0 Å². The molecule has 1 N–H and O–H groups in total. The molecule has 1 atom stereocenters. The smallest absolute Gasteiger partial charge is 0.330 e. The second-order valence-electron chi connectivity index (χ2n) is 4.72. The first-order chi connectivity index (χ1) is 9.09. The number of aromatic nitrogens is 2. The van der Waals surface area contributed by atoms with Gasteiger partial charge in [0.1, 0.15) is 0 Å². The molecule has 8 nitrogen and oxygen atoms in total. The first kappa shape index (κ1) is 16.6. The highest BCUT2D eigenvalue weighted by Gasteiger charge is 2.26. The number of hydrogen-bond donors (Lipinski definition) is 1. The quantitative estimate of drug-likeness (QED) is 0.711. The Kier molecular flexibility index (Phi) is 4.90. The van der Waals surface area contributed by atoms with Gasteiger partial charge < -0.3 is 9.67 Å². The zero-order valence-electron chi connectivity index (χ0n) is 11.9. The molecule has 114 valence electrons. The summed E-state index contributed by atoms with van der Waals surface area (Å²) in [4.78, 5) is 23.0. The lowest BCUT2D eigenvalue weighted by molar-refractivity contribution is 0.177. The maximum absolute atomic E-state index is 12.3. The molecule has 1 unspecified atom stereocenters. The van der Waals surface area contributed by atoms with E-state index in [-0.39, 0.29) is 13.0 Å². The van der Waals surface area contributed by atoms with Crippen LogP contribution < -0.4 is 11.2 Å². The zero-order valence-corrected chi connectivity index (χ0v) is 12.7. The molecule has 1 aromatic heterocycles. The number of nitrogens with zero attached hydrogens (tertiary/aromatic N) is 3. The van der Waals surface area contributed by atoms with Crippen LogP contribution >= 0.6 is 0 Å². The predicted molar refractivity (Wildman–Crippen MR) is 73.0 cm³/mol. The number of aryl methyl sites for hydroxylation is 1. The molecule has 0 aromatic carbocycles. The first-order valence-corrected chi connectivity index (χ1v) is 7.44. The monoisotopic (exact) mass is 305 g/mol. The minimum atomic E-state index is -4.00. The largest absolute Gasteiger partial charge is 0.393 e. The Balaban J connectivity index is 3.30. The van der Waals surface area contributed by atoms with Crippen molar-refractivity contribution in [3.8, 4) is 0 Å². The zero-order chi connectivity index (χ0) is 15.7. The van der Waals surface area contributed by atoms with Crippen LogP contribution in [0, 0.1) is 0 Å². The molecule has 0 spiro atoms. The van der Waals surface area contributed by atoms with Crippen molar-refractivity contribution in [3.63, 3.8) is 0 Å². The molecule has 0 saturated carbocycles. The minimum absolute atomic E-state index is 0.0754. The molecule has 0 aliphatic carbocycles.